The lowest BCUT2D eigenvalue weighted by Gasteiger charge is -2.35. The maximum Gasteiger partial charge on any atom is 0.332 e. The van der Waals surface area contributed by atoms with Crippen LogP contribution in [0.3, 0.4) is 0 Å². The standard InChI is InChI=1S/C25H26ClFN6O2/c1-29-22-21(23(34)30(2)25(29)35)33(16-18-3-7-19(26)8-4-18)24(28-22)32-13-11-31(12-14-32)15-17-5-9-20(27)10-6-17/h3-10H,11-16H2,1-2H3. The Morgan fingerprint density at radius 3 is 2.11 bits per heavy atom. The number of aryl methyl sites for hydroxylation is 1. The second kappa shape index (κ2) is 9.31. The molecule has 2 aromatic carbocycles. The lowest BCUT2D eigenvalue weighted by atomic mass is 10.2. The van der Waals surface area contributed by atoms with Gasteiger partial charge in [0.1, 0.15) is 5.82 Å². The Morgan fingerprint density at radius 1 is 0.857 bits per heavy atom. The highest BCUT2D eigenvalue weighted by Crippen LogP contribution is 2.23. The average Bonchev–Trinajstić information content (AvgIpc) is 3.24. The lowest BCUT2D eigenvalue weighted by Crippen LogP contribution is -2.47. The predicted molar refractivity (Wildman–Crippen MR) is 135 cm³/mol. The number of nitrogens with zero attached hydrogens (tertiary/aromatic N) is 6. The van der Waals surface area contributed by atoms with E-state index in [4.69, 9.17) is 16.6 Å². The van der Waals surface area contributed by atoms with Crippen LogP contribution in [0.15, 0.2) is 58.1 Å². The number of hydrogen-bond donors (Lipinski definition) is 0. The Kier molecular flexibility index (Phi) is 6.21. The van der Waals surface area contributed by atoms with Crippen LogP contribution in [0.5, 0.6) is 0 Å². The van der Waals surface area contributed by atoms with Crippen molar-refractivity contribution >= 4 is 28.7 Å². The van der Waals surface area contributed by atoms with Crippen LogP contribution in [-0.2, 0) is 27.2 Å². The molecule has 1 aliphatic rings. The van der Waals surface area contributed by atoms with Crippen molar-refractivity contribution in [3.8, 4) is 0 Å². The highest BCUT2D eigenvalue weighted by Gasteiger charge is 2.26. The summed E-state index contributed by atoms with van der Waals surface area (Å²) in [6.45, 7) is 4.16. The number of halogens is 2. The van der Waals surface area contributed by atoms with Gasteiger partial charge in [0.15, 0.2) is 11.2 Å². The Bertz CT molecular complexity index is 1480. The molecule has 5 rings (SSSR count). The zero-order valence-electron chi connectivity index (χ0n) is 19.6. The molecule has 0 radical (unpaired) electrons. The van der Waals surface area contributed by atoms with E-state index in [1.54, 1.807) is 7.05 Å². The molecule has 3 heterocycles. The molecule has 35 heavy (non-hydrogen) atoms. The molecule has 0 bridgehead atoms. The van der Waals surface area contributed by atoms with Gasteiger partial charge < -0.3 is 4.90 Å². The molecule has 0 atom stereocenters. The Morgan fingerprint density at radius 2 is 1.46 bits per heavy atom. The first-order valence-corrected chi connectivity index (χ1v) is 11.8. The molecule has 0 saturated carbocycles. The molecule has 10 heteroatoms. The van der Waals surface area contributed by atoms with Crippen LogP contribution in [0.25, 0.3) is 11.2 Å². The normalized spacial score (nSPS) is 14.7. The minimum atomic E-state index is -0.408. The van der Waals surface area contributed by atoms with Gasteiger partial charge in [0.05, 0.1) is 6.54 Å². The van der Waals surface area contributed by atoms with E-state index in [-0.39, 0.29) is 11.4 Å². The van der Waals surface area contributed by atoms with Gasteiger partial charge in [-0.25, -0.2) is 9.18 Å². The fourth-order valence-corrected chi connectivity index (χ4v) is 4.68. The maximum absolute atomic E-state index is 13.2. The molecule has 8 nitrogen and oxygen atoms in total. The van der Waals surface area contributed by atoms with Gasteiger partial charge in [-0.3, -0.25) is 23.4 Å². The van der Waals surface area contributed by atoms with Crippen LogP contribution in [0.2, 0.25) is 5.02 Å². The van der Waals surface area contributed by atoms with Crippen molar-refractivity contribution in [1.82, 2.24) is 23.6 Å². The topological polar surface area (TPSA) is 68.3 Å². The zero-order valence-corrected chi connectivity index (χ0v) is 20.4. The predicted octanol–water partition coefficient (Wildman–Crippen LogP) is 2.60. The molecule has 182 valence electrons. The van der Waals surface area contributed by atoms with Gasteiger partial charge >= 0.3 is 5.69 Å². The minimum Gasteiger partial charge on any atom is -0.340 e. The number of imidazole rings is 1. The van der Waals surface area contributed by atoms with Crippen molar-refractivity contribution in [3.05, 3.63) is 91.3 Å². The SMILES string of the molecule is Cn1c(=O)c2c(nc(N3CCN(Cc4ccc(F)cc4)CC3)n2Cc2ccc(Cl)cc2)n(C)c1=O. The third-order valence-electron chi connectivity index (χ3n) is 6.56. The summed E-state index contributed by atoms with van der Waals surface area (Å²) in [7, 11) is 3.12. The van der Waals surface area contributed by atoms with Crippen LogP contribution >= 0.6 is 11.6 Å². The van der Waals surface area contributed by atoms with E-state index in [2.05, 4.69) is 9.80 Å². The number of fused-ring (bicyclic) bond motifs is 1. The number of aromatic nitrogens is 4. The first-order chi connectivity index (χ1) is 16.8. The molecule has 0 N–H and O–H groups in total. The van der Waals surface area contributed by atoms with Crippen molar-refractivity contribution in [2.24, 2.45) is 14.1 Å². The molecular weight excluding hydrogens is 471 g/mol. The van der Waals surface area contributed by atoms with Crippen LogP contribution in [0.1, 0.15) is 11.1 Å². The van der Waals surface area contributed by atoms with E-state index in [9.17, 15) is 14.0 Å². The van der Waals surface area contributed by atoms with Gasteiger partial charge in [0.25, 0.3) is 5.56 Å². The van der Waals surface area contributed by atoms with Gasteiger partial charge in [-0.1, -0.05) is 35.9 Å². The molecule has 1 aliphatic heterocycles. The molecule has 2 aromatic heterocycles. The molecule has 1 fully saturated rings. The van der Waals surface area contributed by atoms with E-state index < -0.39 is 5.69 Å². The number of rotatable bonds is 5. The van der Waals surface area contributed by atoms with Crippen LogP contribution in [0, 0.1) is 5.82 Å². The van der Waals surface area contributed by atoms with Gasteiger partial charge in [-0.2, -0.15) is 4.98 Å². The quantitative estimate of drug-likeness (QED) is 0.425. The second-order valence-electron chi connectivity index (χ2n) is 8.89. The van der Waals surface area contributed by atoms with E-state index >= 15 is 0 Å². The summed E-state index contributed by atoms with van der Waals surface area (Å²) < 4.78 is 17.7. The highest BCUT2D eigenvalue weighted by atomic mass is 35.5. The van der Waals surface area contributed by atoms with Crippen molar-refractivity contribution in [3.63, 3.8) is 0 Å². The third kappa shape index (κ3) is 4.49. The van der Waals surface area contributed by atoms with E-state index in [1.807, 2.05) is 41.0 Å². The van der Waals surface area contributed by atoms with Gasteiger partial charge in [-0.15, -0.1) is 0 Å². The van der Waals surface area contributed by atoms with Crippen LogP contribution < -0.4 is 16.1 Å². The summed E-state index contributed by atoms with van der Waals surface area (Å²) in [5, 5.41) is 0.639. The summed E-state index contributed by atoms with van der Waals surface area (Å²) in [5.74, 6) is 0.424. The summed E-state index contributed by atoms with van der Waals surface area (Å²) in [5.41, 5.74) is 2.03. The van der Waals surface area contributed by atoms with E-state index in [1.165, 1.54) is 23.7 Å². The Labute approximate surface area is 206 Å². The Hall–Kier alpha value is -3.43. The second-order valence-corrected chi connectivity index (χ2v) is 9.33. The Balaban J connectivity index is 1.48. The van der Waals surface area contributed by atoms with Crippen molar-refractivity contribution < 1.29 is 4.39 Å². The average molecular weight is 497 g/mol. The maximum atomic E-state index is 13.2. The molecule has 0 unspecified atom stereocenters. The smallest absolute Gasteiger partial charge is 0.332 e. The minimum absolute atomic E-state index is 0.237. The summed E-state index contributed by atoms with van der Waals surface area (Å²) in [6.07, 6.45) is 0. The lowest BCUT2D eigenvalue weighted by molar-refractivity contribution is 0.248. The molecule has 4 aromatic rings. The van der Waals surface area contributed by atoms with E-state index in [0.717, 1.165) is 35.3 Å². The number of benzene rings is 2. The zero-order chi connectivity index (χ0) is 24.7. The summed E-state index contributed by atoms with van der Waals surface area (Å²) >= 11 is 6.06. The van der Waals surface area contributed by atoms with Gasteiger partial charge in [0.2, 0.25) is 5.95 Å². The first kappa shape index (κ1) is 23.3. The first-order valence-electron chi connectivity index (χ1n) is 11.4. The molecule has 0 amide bonds. The summed E-state index contributed by atoms with van der Waals surface area (Å²) in [6, 6.07) is 14.1. The fraction of sp³-hybridized carbons (Fsp3) is 0.320. The largest absolute Gasteiger partial charge is 0.340 e. The summed E-state index contributed by atoms with van der Waals surface area (Å²) in [4.78, 5) is 35.0. The molecular formula is C25H26ClFN6O2. The number of anilines is 1. The monoisotopic (exact) mass is 496 g/mol. The molecule has 1 saturated heterocycles. The van der Waals surface area contributed by atoms with Crippen molar-refractivity contribution in [2.45, 2.75) is 13.1 Å². The van der Waals surface area contributed by atoms with E-state index in [0.29, 0.717) is 41.8 Å². The van der Waals surface area contributed by atoms with Gasteiger partial charge in [0, 0.05) is 51.8 Å². The van der Waals surface area contributed by atoms with Crippen LogP contribution in [0.4, 0.5) is 10.3 Å². The van der Waals surface area contributed by atoms with Crippen molar-refractivity contribution in [2.75, 3.05) is 31.1 Å². The highest BCUT2D eigenvalue weighted by molar-refractivity contribution is 6.30. The van der Waals surface area contributed by atoms with Crippen molar-refractivity contribution in [1.29, 1.82) is 0 Å². The number of hydrogen-bond acceptors (Lipinski definition) is 5. The molecule has 0 spiro atoms. The van der Waals surface area contributed by atoms with Crippen LogP contribution in [-0.4, -0.2) is 49.8 Å². The molecule has 0 aliphatic carbocycles. The number of piperazine rings is 1. The van der Waals surface area contributed by atoms with Gasteiger partial charge in [-0.05, 0) is 35.4 Å². The third-order valence-corrected chi connectivity index (χ3v) is 6.81. The fourth-order valence-electron chi connectivity index (χ4n) is 4.55.